The van der Waals surface area contributed by atoms with Gasteiger partial charge in [-0.15, -0.1) is 0 Å². The van der Waals surface area contributed by atoms with Crippen molar-refractivity contribution in [3.8, 4) is 17.0 Å². The molecule has 0 saturated heterocycles. The molecular formula is C11H9F2NO2. The van der Waals surface area contributed by atoms with Gasteiger partial charge in [0, 0.05) is 11.6 Å². The summed E-state index contributed by atoms with van der Waals surface area (Å²) in [6, 6.07) is 8.23. The average Bonchev–Trinajstić information content (AvgIpc) is 2.78. The molecule has 2 aromatic rings. The zero-order valence-electron chi connectivity index (χ0n) is 8.48. The van der Waals surface area contributed by atoms with Crippen molar-refractivity contribution in [2.75, 3.05) is 7.11 Å². The van der Waals surface area contributed by atoms with Crippen molar-refractivity contribution in [3.05, 3.63) is 36.1 Å². The summed E-state index contributed by atoms with van der Waals surface area (Å²) in [5.41, 5.74) is 0.966. The van der Waals surface area contributed by atoms with Gasteiger partial charge in [0.15, 0.2) is 0 Å². The van der Waals surface area contributed by atoms with Crippen molar-refractivity contribution in [3.63, 3.8) is 0 Å². The Morgan fingerprint density at radius 2 is 2.06 bits per heavy atom. The van der Waals surface area contributed by atoms with E-state index in [0.717, 1.165) is 0 Å². The first-order valence-corrected chi connectivity index (χ1v) is 4.60. The average molecular weight is 225 g/mol. The van der Waals surface area contributed by atoms with E-state index in [1.165, 1.54) is 13.2 Å². The standard InChI is InChI=1S/C11H9F2NO2/c1-15-9-5-3-2-4-7(9)8-6-10(11(12)13)16-14-8/h2-6,11H,1H3. The molecule has 1 heterocycles. The molecular weight excluding hydrogens is 216 g/mol. The molecule has 0 fully saturated rings. The minimum atomic E-state index is -2.66. The van der Waals surface area contributed by atoms with Crippen LogP contribution in [-0.4, -0.2) is 12.3 Å². The van der Waals surface area contributed by atoms with E-state index in [2.05, 4.69) is 9.68 Å². The predicted octanol–water partition coefficient (Wildman–Crippen LogP) is 3.29. The van der Waals surface area contributed by atoms with Gasteiger partial charge in [0.05, 0.1) is 7.11 Å². The Hall–Kier alpha value is -1.91. The Kier molecular flexibility index (Phi) is 2.85. The summed E-state index contributed by atoms with van der Waals surface area (Å²) in [4.78, 5) is 0. The normalized spacial score (nSPS) is 10.8. The van der Waals surface area contributed by atoms with Crippen LogP contribution in [0.4, 0.5) is 8.78 Å². The Labute approximate surface area is 90.6 Å². The van der Waals surface area contributed by atoms with Crippen molar-refractivity contribution >= 4 is 0 Å². The van der Waals surface area contributed by atoms with Crippen molar-refractivity contribution in [1.82, 2.24) is 5.16 Å². The zero-order chi connectivity index (χ0) is 11.5. The Morgan fingerprint density at radius 1 is 1.31 bits per heavy atom. The van der Waals surface area contributed by atoms with Crippen LogP contribution in [0.2, 0.25) is 0 Å². The van der Waals surface area contributed by atoms with E-state index in [-0.39, 0.29) is 0 Å². The zero-order valence-corrected chi connectivity index (χ0v) is 8.48. The van der Waals surface area contributed by atoms with Gasteiger partial charge in [-0.2, -0.15) is 0 Å². The Bertz CT molecular complexity index is 482. The van der Waals surface area contributed by atoms with Crippen LogP contribution in [0, 0.1) is 0 Å². The summed E-state index contributed by atoms with van der Waals surface area (Å²) in [6.07, 6.45) is -2.66. The lowest BCUT2D eigenvalue weighted by Gasteiger charge is -2.03. The summed E-state index contributed by atoms with van der Waals surface area (Å²) < 4.78 is 34.3. The molecule has 0 bridgehead atoms. The second kappa shape index (κ2) is 4.30. The number of ether oxygens (including phenoxy) is 1. The summed E-state index contributed by atoms with van der Waals surface area (Å²) >= 11 is 0. The van der Waals surface area contributed by atoms with Gasteiger partial charge in [-0.25, -0.2) is 8.78 Å². The van der Waals surface area contributed by atoms with Crippen molar-refractivity contribution in [1.29, 1.82) is 0 Å². The molecule has 0 aliphatic carbocycles. The molecule has 0 N–H and O–H groups in total. The second-order valence-electron chi connectivity index (χ2n) is 3.12. The number of benzene rings is 1. The molecule has 3 nitrogen and oxygen atoms in total. The quantitative estimate of drug-likeness (QED) is 0.803. The lowest BCUT2D eigenvalue weighted by Crippen LogP contribution is -1.86. The first-order valence-electron chi connectivity index (χ1n) is 4.60. The van der Waals surface area contributed by atoms with E-state index in [9.17, 15) is 8.78 Å². The fourth-order valence-electron chi connectivity index (χ4n) is 1.38. The minimum Gasteiger partial charge on any atom is -0.496 e. The molecule has 0 radical (unpaired) electrons. The van der Waals surface area contributed by atoms with Crippen LogP contribution >= 0.6 is 0 Å². The highest BCUT2D eigenvalue weighted by molar-refractivity contribution is 5.66. The fraction of sp³-hybridized carbons (Fsp3) is 0.182. The second-order valence-corrected chi connectivity index (χ2v) is 3.12. The van der Waals surface area contributed by atoms with E-state index in [1.54, 1.807) is 24.3 Å². The summed E-state index contributed by atoms with van der Waals surface area (Å²) in [7, 11) is 1.51. The molecule has 0 saturated carbocycles. The molecule has 0 amide bonds. The summed E-state index contributed by atoms with van der Waals surface area (Å²) in [5, 5.41) is 3.58. The lowest BCUT2D eigenvalue weighted by atomic mass is 10.1. The molecule has 1 aromatic carbocycles. The first-order chi connectivity index (χ1) is 7.72. The van der Waals surface area contributed by atoms with Gasteiger partial charge in [0.2, 0.25) is 5.76 Å². The van der Waals surface area contributed by atoms with Crippen LogP contribution in [0.5, 0.6) is 5.75 Å². The maximum Gasteiger partial charge on any atom is 0.298 e. The number of alkyl halides is 2. The molecule has 5 heteroatoms. The van der Waals surface area contributed by atoms with E-state index >= 15 is 0 Å². The predicted molar refractivity (Wildman–Crippen MR) is 53.4 cm³/mol. The third kappa shape index (κ3) is 1.88. The molecule has 0 unspecified atom stereocenters. The van der Waals surface area contributed by atoms with Crippen LogP contribution in [0.1, 0.15) is 12.2 Å². The van der Waals surface area contributed by atoms with Gasteiger partial charge in [0.25, 0.3) is 6.43 Å². The Balaban J connectivity index is 2.42. The van der Waals surface area contributed by atoms with Gasteiger partial charge in [-0.1, -0.05) is 17.3 Å². The topological polar surface area (TPSA) is 35.3 Å². The lowest BCUT2D eigenvalue weighted by molar-refractivity contribution is 0.112. The molecule has 1 aromatic heterocycles. The van der Waals surface area contributed by atoms with Crippen LogP contribution in [0.25, 0.3) is 11.3 Å². The van der Waals surface area contributed by atoms with Crippen molar-refractivity contribution < 1.29 is 18.0 Å². The van der Waals surface area contributed by atoms with Crippen LogP contribution in [-0.2, 0) is 0 Å². The third-order valence-electron chi connectivity index (χ3n) is 2.13. The highest BCUT2D eigenvalue weighted by atomic mass is 19.3. The molecule has 0 spiro atoms. The summed E-state index contributed by atoms with van der Waals surface area (Å²) in [5.74, 6) is 0.123. The van der Waals surface area contributed by atoms with Crippen molar-refractivity contribution in [2.24, 2.45) is 0 Å². The molecule has 0 atom stereocenters. The number of aromatic nitrogens is 1. The number of halogens is 2. The van der Waals surface area contributed by atoms with Gasteiger partial charge in [0.1, 0.15) is 11.4 Å². The van der Waals surface area contributed by atoms with Crippen LogP contribution in [0.15, 0.2) is 34.9 Å². The van der Waals surface area contributed by atoms with Crippen LogP contribution in [0.3, 0.4) is 0 Å². The fourth-order valence-corrected chi connectivity index (χ4v) is 1.38. The summed E-state index contributed by atoms with van der Waals surface area (Å²) in [6.45, 7) is 0. The number of para-hydroxylation sites is 1. The highest BCUT2D eigenvalue weighted by Crippen LogP contribution is 2.31. The molecule has 0 aliphatic heterocycles. The third-order valence-corrected chi connectivity index (χ3v) is 2.13. The van der Waals surface area contributed by atoms with E-state index in [4.69, 9.17) is 4.74 Å². The van der Waals surface area contributed by atoms with Gasteiger partial charge in [-0.05, 0) is 12.1 Å². The Morgan fingerprint density at radius 3 is 2.69 bits per heavy atom. The molecule has 16 heavy (non-hydrogen) atoms. The molecule has 2 rings (SSSR count). The number of nitrogens with zero attached hydrogens (tertiary/aromatic N) is 1. The van der Waals surface area contributed by atoms with Crippen LogP contribution < -0.4 is 4.74 Å². The van der Waals surface area contributed by atoms with Gasteiger partial charge in [-0.3, -0.25) is 0 Å². The largest absolute Gasteiger partial charge is 0.496 e. The molecule has 84 valence electrons. The minimum absolute atomic E-state index is 0.341. The number of hydrogen-bond donors (Lipinski definition) is 0. The van der Waals surface area contributed by atoms with E-state index in [0.29, 0.717) is 17.0 Å². The smallest absolute Gasteiger partial charge is 0.298 e. The van der Waals surface area contributed by atoms with E-state index in [1.807, 2.05) is 0 Å². The molecule has 0 aliphatic rings. The van der Waals surface area contributed by atoms with Gasteiger partial charge < -0.3 is 9.26 Å². The number of hydrogen-bond acceptors (Lipinski definition) is 3. The number of rotatable bonds is 3. The van der Waals surface area contributed by atoms with Crippen molar-refractivity contribution in [2.45, 2.75) is 6.43 Å². The maximum atomic E-state index is 12.3. The maximum absolute atomic E-state index is 12.3. The monoisotopic (exact) mass is 225 g/mol. The highest BCUT2D eigenvalue weighted by Gasteiger charge is 2.16. The first kappa shape index (κ1) is 10.6. The SMILES string of the molecule is COc1ccccc1-c1cc(C(F)F)on1. The number of methoxy groups -OCH3 is 1. The van der Waals surface area contributed by atoms with E-state index < -0.39 is 12.2 Å². The van der Waals surface area contributed by atoms with Gasteiger partial charge >= 0.3 is 0 Å².